The van der Waals surface area contributed by atoms with Gasteiger partial charge in [-0.05, 0) is 58.3 Å². The number of hydrogen-bond acceptors (Lipinski definition) is 2. The monoisotopic (exact) mass is 528 g/mol. The molecule has 0 aliphatic heterocycles. The van der Waals surface area contributed by atoms with Crippen LogP contribution >= 0.6 is 23.2 Å². The molecule has 0 fully saturated rings. The Morgan fingerprint density at radius 2 is 0.816 bits per heavy atom. The molecule has 180 valence electrons. The molecular formula is C34H18Cl2O2. The first-order valence-electron chi connectivity index (χ1n) is 12.4. The van der Waals surface area contributed by atoms with Crippen molar-refractivity contribution in [1.82, 2.24) is 0 Å². The average molecular weight is 529 g/mol. The quantitative estimate of drug-likeness (QED) is 0.223. The van der Waals surface area contributed by atoms with Gasteiger partial charge in [0.05, 0.1) is 0 Å². The van der Waals surface area contributed by atoms with Crippen LogP contribution in [0.4, 0.5) is 0 Å². The van der Waals surface area contributed by atoms with Gasteiger partial charge < -0.3 is 8.83 Å². The molecule has 8 aromatic rings. The summed E-state index contributed by atoms with van der Waals surface area (Å²) in [6, 6.07) is 37.0. The van der Waals surface area contributed by atoms with Gasteiger partial charge in [-0.15, -0.1) is 0 Å². The third-order valence-corrected chi connectivity index (χ3v) is 7.84. The van der Waals surface area contributed by atoms with Gasteiger partial charge in [0, 0.05) is 54.8 Å². The predicted molar refractivity (Wildman–Crippen MR) is 159 cm³/mol. The lowest BCUT2D eigenvalue weighted by atomic mass is 9.89. The van der Waals surface area contributed by atoms with Crippen LogP contribution in [0.5, 0.6) is 0 Å². The lowest BCUT2D eigenvalue weighted by Gasteiger charge is -2.13. The van der Waals surface area contributed by atoms with E-state index in [0.29, 0.717) is 10.0 Å². The molecule has 6 aromatic carbocycles. The van der Waals surface area contributed by atoms with Gasteiger partial charge in [0.1, 0.15) is 22.3 Å². The first kappa shape index (κ1) is 21.8. The lowest BCUT2D eigenvalue weighted by Crippen LogP contribution is -1.88. The van der Waals surface area contributed by atoms with Crippen molar-refractivity contribution in [2.45, 2.75) is 0 Å². The zero-order valence-corrected chi connectivity index (χ0v) is 21.5. The predicted octanol–water partition coefficient (Wildman–Crippen LogP) is 11.3. The van der Waals surface area contributed by atoms with Crippen molar-refractivity contribution >= 4 is 77.9 Å². The van der Waals surface area contributed by atoms with E-state index < -0.39 is 0 Å². The van der Waals surface area contributed by atoms with Gasteiger partial charge in [-0.2, -0.15) is 0 Å². The van der Waals surface area contributed by atoms with Crippen LogP contribution in [0.25, 0.3) is 76.9 Å². The van der Waals surface area contributed by atoms with Crippen LogP contribution in [-0.2, 0) is 0 Å². The summed E-state index contributed by atoms with van der Waals surface area (Å²) in [5, 5.41) is 7.62. The molecule has 8 rings (SSSR count). The minimum Gasteiger partial charge on any atom is -0.455 e. The maximum atomic E-state index is 6.54. The van der Waals surface area contributed by atoms with Crippen LogP contribution in [0.3, 0.4) is 0 Å². The molecule has 0 bridgehead atoms. The summed E-state index contributed by atoms with van der Waals surface area (Å²) in [5.74, 6) is 0. The Kier molecular flexibility index (Phi) is 4.66. The van der Waals surface area contributed by atoms with Gasteiger partial charge in [-0.1, -0.05) is 83.9 Å². The fourth-order valence-electron chi connectivity index (χ4n) is 5.72. The summed E-state index contributed by atoms with van der Waals surface area (Å²) in [6.07, 6.45) is 0. The molecule has 0 unspecified atom stereocenters. The standard InChI is InChI=1S/C34H18Cl2O2/c35-21-11-13-23-27-18-26-25(31(19-7-3-1-4-8-19)33(27)37-29(23)15-21)17-28-24-14-12-22(36)16-30(24)38-34(28)32(26)20-9-5-2-6-10-20/h1-18H. The second-order valence-electron chi connectivity index (χ2n) is 9.57. The Morgan fingerprint density at radius 3 is 1.24 bits per heavy atom. The van der Waals surface area contributed by atoms with Crippen LogP contribution in [-0.4, -0.2) is 0 Å². The van der Waals surface area contributed by atoms with Gasteiger partial charge in [-0.25, -0.2) is 0 Å². The molecule has 0 atom stereocenters. The van der Waals surface area contributed by atoms with Crippen LogP contribution < -0.4 is 0 Å². The summed E-state index contributed by atoms with van der Waals surface area (Å²) < 4.78 is 13.1. The van der Waals surface area contributed by atoms with Crippen molar-refractivity contribution in [3.63, 3.8) is 0 Å². The highest BCUT2D eigenvalue weighted by atomic mass is 35.5. The summed E-state index contributed by atoms with van der Waals surface area (Å²) in [5.41, 5.74) is 7.49. The van der Waals surface area contributed by atoms with Crippen molar-refractivity contribution in [2.75, 3.05) is 0 Å². The van der Waals surface area contributed by atoms with Crippen molar-refractivity contribution in [3.8, 4) is 22.3 Å². The van der Waals surface area contributed by atoms with E-state index >= 15 is 0 Å². The maximum Gasteiger partial charge on any atom is 0.143 e. The van der Waals surface area contributed by atoms with Gasteiger partial charge in [0.2, 0.25) is 0 Å². The minimum absolute atomic E-state index is 0.648. The van der Waals surface area contributed by atoms with Gasteiger partial charge in [0.25, 0.3) is 0 Å². The zero-order valence-electron chi connectivity index (χ0n) is 20.0. The Labute approximate surface area is 227 Å². The fraction of sp³-hybridized carbons (Fsp3) is 0. The average Bonchev–Trinajstić information content (AvgIpc) is 3.48. The highest BCUT2D eigenvalue weighted by molar-refractivity contribution is 6.33. The number of rotatable bonds is 2. The fourth-order valence-corrected chi connectivity index (χ4v) is 6.05. The Balaban J connectivity index is 1.67. The Bertz CT molecular complexity index is 2030. The largest absolute Gasteiger partial charge is 0.455 e. The maximum absolute atomic E-state index is 6.54. The summed E-state index contributed by atoms with van der Waals surface area (Å²) in [7, 11) is 0. The molecule has 0 amide bonds. The summed E-state index contributed by atoms with van der Waals surface area (Å²) in [6.45, 7) is 0. The number of halogens is 2. The molecule has 0 radical (unpaired) electrons. The van der Waals surface area contributed by atoms with E-state index in [2.05, 4.69) is 60.7 Å². The zero-order chi connectivity index (χ0) is 25.4. The van der Waals surface area contributed by atoms with Gasteiger partial charge >= 0.3 is 0 Å². The molecule has 0 saturated heterocycles. The van der Waals surface area contributed by atoms with Crippen molar-refractivity contribution in [3.05, 3.63) is 119 Å². The number of furan rings is 2. The first-order chi connectivity index (χ1) is 18.7. The smallest absolute Gasteiger partial charge is 0.143 e. The molecule has 2 nitrogen and oxygen atoms in total. The minimum atomic E-state index is 0.648. The van der Waals surface area contributed by atoms with Gasteiger partial charge in [0.15, 0.2) is 0 Å². The van der Waals surface area contributed by atoms with E-state index in [9.17, 15) is 0 Å². The van der Waals surface area contributed by atoms with Crippen molar-refractivity contribution < 1.29 is 8.83 Å². The van der Waals surface area contributed by atoms with E-state index in [4.69, 9.17) is 32.0 Å². The summed E-state index contributed by atoms with van der Waals surface area (Å²) in [4.78, 5) is 0. The second-order valence-corrected chi connectivity index (χ2v) is 10.4. The molecular weight excluding hydrogens is 511 g/mol. The van der Waals surface area contributed by atoms with Gasteiger partial charge in [-0.3, -0.25) is 0 Å². The number of fused-ring (bicyclic) bond motifs is 7. The Morgan fingerprint density at radius 1 is 0.395 bits per heavy atom. The van der Waals surface area contributed by atoms with E-state index in [1.165, 1.54) is 0 Å². The van der Waals surface area contributed by atoms with E-state index in [-0.39, 0.29) is 0 Å². The lowest BCUT2D eigenvalue weighted by molar-refractivity contribution is 0.669. The highest BCUT2D eigenvalue weighted by Crippen LogP contribution is 2.48. The van der Waals surface area contributed by atoms with Crippen LogP contribution in [0.1, 0.15) is 0 Å². The van der Waals surface area contributed by atoms with E-state index in [1.807, 2.05) is 48.5 Å². The van der Waals surface area contributed by atoms with Crippen LogP contribution in [0.2, 0.25) is 10.0 Å². The van der Waals surface area contributed by atoms with Crippen LogP contribution in [0, 0.1) is 0 Å². The second kappa shape index (κ2) is 8.13. The van der Waals surface area contributed by atoms with Crippen molar-refractivity contribution in [1.29, 1.82) is 0 Å². The molecule has 0 spiro atoms. The third kappa shape index (κ3) is 3.14. The molecule has 0 saturated carbocycles. The molecule has 38 heavy (non-hydrogen) atoms. The van der Waals surface area contributed by atoms with E-state index in [1.54, 1.807) is 0 Å². The normalized spacial score (nSPS) is 11.9. The third-order valence-electron chi connectivity index (χ3n) is 7.37. The number of hydrogen-bond donors (Lipinski definition) is 0. The molecule has 2 aromatic heterocycles. The van der Waals surface area contributed by atoms with E-state index in [0.717, 1.165) is 76.9 Å². The molecule has 0 N–H and O–H groups in total. The first-order valence-corrected chi connectivity index (χ1v) is 13.2. The SMILES string of the molecule is Clc1ccc2c(c1)oc1c(-c3ccccc3)c3cc4c(oc5cc(Cl)ccc54)c(-c4ccccc4)c3cc12. The highest BCUT2D eigenvalue weighted by Gasteiger charge is 2.23. The van der Waals surface area contributed by atoms with Crippen LogP contribution in [0.15, 0.2) is 118 Å². The molecule has 4 heteroatoms. The number of benzene rings is 6. The molecule has 0 aliphatic rings. The topological polar surface area (TPSA) is 26.3 Å². The summed E-state index contributed by atoms with van der Waals surface area (Å²) >= 11 is 12.7. The molecule has 2 heterocycles. The Hall–Kier alpha value is -4.24. The molecule has 0 aliphatic carbocycles. The van der Waals surface area contributed by atoms with Crippen molar-refractivity contribution in [2.24, 2.45) is 0 Å².